The predicted octanol–water partition coefficient (Wildman–Crippen LogP) is 5.20. The van der Waals surface area contributed by atoms with Crippen molar-refractivity contribution in [2.45, 2.75) is 45.6 Å². The predicted molar refractivity (Wildman–Crippen MR) is 116 cm³/mol. The minimum Gasteiger partial charge on any atom is -0.339 e. The van der Waals surface area contributed by atoms with E-state index in [0.29, 0.717) is 12.5 Å². The van der Waals surface area contributed by atoms with Crippen molar-refractivity contribution in [3.05, 3.63) is 75.6 Å². The van der Waals surface area contributed by atoms with Crippen LogP contribution < -0.4 is 0 Å². The molecule has 1 amide bonds. The van der Waals surface area contributed by atoms with Gasteiger partial charge in [-0.1, -0.05) is 60.2 Å². The maximum absolute atomic E-state index is 13.2. The molecule has 2 aromatic carbocycles. The number of aryl methyl sites for hydroxylation is 2. The second-order valence-electron chi connectivity index (χ2n) is 7.62. The van der Waals surface area contributed by atoms with E-state index in [1.165, 1.54) is 11.1 Å². The van der Waals surface area contributed by atoms with Crippen molar-refractivity contribution >= 4 is 17.2 Å². The summed E-state index contributed by atoms with van der Waals surface area (Å²) in [5.41, 5.74) is 4.60. The lowest BCUT2D eigenvalue weighted by atomic mass is 10.0. The zero-order valence-electron chi connectivity index (χ0n) is 16.5. The first-order valence-electron chi connectivity index (χ1n) is 9.97. The smallest absolute Gasteiger partial charge is 0.228 e. The Labute approximate surface area is 171 Å². The average Bonchev–Trinajstić information content (AvgIpc) is 3.29. The lowest BCUT2D eigenvalue weighted by Crippen LogP contribution is -2.37. The highest BCUT2D eigenvalue weighted by atomic mass is 32.1. The number of amides is 1. The molecule has 3 nitrogen and oxygen atoms in total. The molecule has 1 aromatic heterocycles. The van der Waals surface area contributed by atoms with Gasteiger partial charge in [0.2, 0.25) is 5.91 Å². The van der Waals surface area contributed by atoms with Crippen molar-refractivity contribution in [3.8, 4) is 11.3 Å². The fourth-order valence-corrected chi connectivity index (χ4v) is 4.98. The third-order valence-electron chi connectivity index (χ3n) is 5.45. The van der Waals surface area contributed by atoms with Crippen LogP contribution in [0.3, 0.4) is 0 Å². The Morgan fingerprint density at radius 2 is 1.86 bits per heavy atom. The van der Waals surface area contributed by atoms with Gasteiger partial charge in [-0.15, -0.1) is 11.3 Å². The number of nitrogens with zero attached hydrogens (tertiary/aromatic N) is 2. The number of benzene rings is 2. The Morgan fingerprint density at radius 1 is 1.11 bits per heavy atom. The molecule has 1 fully saturated rings. The monoisotopic (exact) mass is 390 g/mol. The minimum absolute atomic E-state index is 0.232. The molecule has 0 aliphatic carbocycles. The van der Waals surface area contributed by atoms with E-state index >= 15 is 0 Å². The summed E-state index contributed by atoms with van der Waals surface area (Å²) in [5, 5.41) is 1.01. The molecule has 2 heterocycles. The highest BCUT2D eigenvalue weighted by Gasteiger charge is 2.29. The minimum atomic E-state index is 0.232. The summed E-state index contributed by atoms with van der Waals surface area (Å²) in [6.07, 6.45) is 3.57. The molecule has 1 aliphatic heterocycles. The van der Waals surface area contributed by atoms with Crippen LogP contribution in [-0.4, -0.2) is 28.4 Å². The summed E-state index contributed by atoms with van der Waals surface area (Å²) < 4.78 is 0. The van der Waals surface area contributed by atoms with E-state index < -0.39 is 0 Å². The van der Waals surface area contributed by atoms with Gasteiger partial charge in [0.15, 0.2) is 0 Å². The van der Waals surface area contributed by atoms with Gasteiger partial charge >= 0.3 is 0 Å². The third kappa shape index (κ3) is 4.17. The van der Waals surface area contributed by atoms with Crippen molar-refractivity contribution in [3.63, 3.8) is 0 Å². The van der Waals surface area contributed by atoms with Crippen molar-refractivity contribution in [2.75, 3.05) is 6.54 Å². The van der Waals surface area contributed by atoms with Crippen molar-refractivity contribution in [2.24, 2.45) is 0 Å². The van der Waals surface area contributed by atoms with Gasteiger partial charge in [0.05, 0.1) is 17.1 Å². The topological polar surface area (TPSA) is 33.2 Å². The number of hydrogen-bond donors (Lipinski definition) is 0. The summed E-state index contributed by atoms with van der Waals surface area (Å²) in [5.74, 6) is 0.232. The Morgan fingerprint density at radius 3 is 2.61 bits per heavy atom. The van der Waals surface area contributed by atoms with Crippen molar-refractivity contribution < 1.29 is 4.79 Å². The van der Waals surface area contributed by atoms with Crippen LogP contribution in [0.2, 0.25) is 0 Å². The first-order valence-corrected chi connectivity index (χ1v) is 10.8. The lowest BCUT2D eigenvalue weighted by molar-refractivity contribution is -0.131. The number of carbonyl (C=O) groups is 1. The lowest BCUT2D eigenvalue weighted by Gasteiger charge is -2.25. The maximum Gasteiger partial charge on any atom is 0.228 e. The zero-order chi connectivity index (χ0) is 19.5. The summed E-state index contributed by atoms with van der Waals surface area (Å²) in [4.78, 5) is 21.1. The van der Waals surface area contributed by atoms with Crippen LogP contribution in [-0.2, 0) is 17.6 Å². The molecule has 28 heavy (non-hydrogen) atoms. The van der Waals surface area contributed by atoms with E-state index in [2.05, 4.69) is 60.4 Å². The van der Waals surface area contributed by atoms with E-state index in [4.69, 9.17) is 4.98 Å². The number of aromatic nitrogens is 1. The van der Waals surface area contributed by atoms with Crippen LogP contribution in [0.4, 0.5) is 0 Å². The van der Waals surface area contributed by atoms with E-state index in [1.54, 1.807) is 11.3 Å². The van der Waals surface area contributed by atoms with Gasteiger partial charge in [-0.05, 0) is 38.7 Å². The highest BCUT2D eigenvalue weighted by Crippen LogP contribution is 2.30. The summed E-state index contributed by atoms with van der Waals surface area (Å²) >= 11 is 1.65. The molecule has 3 aromatic rings. The second-order valence-corrected chi connectivity index (χ2v) is 8.91. The van der Waals surface area contributed by atoms with Gasteiger partial charge < -0.3 is 4.90 Å². The van der Waals surface area contributed by atoms with Crippen LogP contribution in [0.1, 0.15) is 33.9 Å². The molecule has 1 atom stereocenters. The van der Waals surface area contributed by atoms with Gasteiger partial charge in [0, 0.05) is 23.0 Å². The molecular formula is C24H26N2OS. The van der Waals surface area contributed by atoms with Gasteiger partial charge in [0.1, 0.15) is 0 Å². The van der Waals surface area contributed by atoms with Crippen LogP contribution in [0.5, 0.6) is 0 Å². The number of carbonyl (C=O) groups excluding carboxylic acids is 1. The number of rotatable bonds is 5. The Bertz CT molecular complexity index is 946. The SMILES string of the molecule is Cc1ccc(-c2nc(C)sc2CC(=O)N2CCCC2Cc2ccccc2)cc1. The molecule has 4 rings (SSSR count). The van der Waals surface area contributed by atoms with E-state index in [-0.39, 0.29) is 5.91 Å². The zero-order valence-corrected chi connectivity index (χ0v) is 17.3. The summed E-state index contributed by atoms with van der Waals surface area (Å²) in [6, 6.07) is 19.2. The van der Waals surface area contributed by atoms with Crippen LogP contribution in [0.25, 0.3) is 11.3 Å². The molecule has 0 radical (unpaired) electrons. The van der Waals surface area contributed by atoms with Crippen molar-refractivity contribution in [1.29, 1.82) is 0 Å². The molecule has 4 heteroatoms. The molecule has 0 N–H and O–H groups in total. The Balaban J connectivity index is 1.51. The largest absolute Gasteiger partial charge is 0.339 e. The quantitative estimate of drug-likeness (QED) is 0.600. The first kappa shape index (κ1) is 18.9. The molecule has 1 aliphatic rings. The third-order valence-corrected chi connectivity index (χ3v) is 6.42. The Hall–Kier alpha value is -2.46. The molecule has 0 spiro atoms. The van der Waals surface area contributed by atoms with E-state index in [9.17, 15) is 4.79 Å². The summed E-state index contributed by atoms with van der Waals surface area (Å²) in [6.45, 7) is 4.97. The first-order chi connectivity index (χ1) is 13.6. The van der Waals surface area contributed by atoms with Gasteiger partial charge in [-0.25, -0.2) is 4.98 Å². The molecule has 1 saturated heterocycles. The summed E-state index contributed by atoms with van der Waals surface area (Å²) in [7, 11) is 0. The molecule has 0 bridgehead atoms. The Kier molecular flexibility index (Phi) is 5.58. The molecule has 0 saturated carbocycles. The van der Waals surface area contributed by atoms with Crippen LogP contribution >= 0.6 is 11.3 Å². The average molecular weight is 391 g/mol. The number of hydrogen-bond acceptors (Lipinski definition) is 3. The van der Waals surface area contributed by atoms with E-state index in [1.807, 2.05) is 13.0 Å². The molecular weight excluding hydrogens is 364 g/mol. The fraction of sp³-hybridized carbons (Fsp3) is 0.333. The van der Waals surface area contributed by atoms with Crippen LogP contribution in [0, 0.1) is 13.8 Å². The van der Waals surface area contributed by atoms with E-state index in [0.717, 1.165) is 46.9 Å². The van der Waals surface area contributed by atoms with Gasteiger partial charge in [-0.3, -0.25) is 4.79 Å². The van der Waals surface area contributed by atoms with Gasteiger partial charge in [-0.2, -0.15) is 0 Å². The fourth-order valence-electron chi connectivity index (χ4n) is 4.03. The number of thiazole rings is 1. The van der Waals surface area contributed by atoms with Gasteiger partial charge in [0.25, 0.3) is 0 Å². The normalized spacial score (nSPS) is 16.5. The van der Waals surface area contributed by atoms with Crippen molar-refractivity contribution in [1.82, 2.24) is 9.88 Å². The van der Waals surface area contributed by atoms with Crippen LogP contribution in [0.15, 0.2) is 54.6 Å². The molecule has 144 valence electrons. The second kappa shape index (κ2) is 8.27. The number of likely N-dealkylation sites (tertiary alicyclic amines) is 1. The molecule has 1 unspecified atom stereocenters. The standard InChI is InChI=1S/C24H26N2OS/c1-17-10-12-20(13-11-17)24-22(28-18(2)25-24)16-23(27)26-14-6-9-21(26)15-19-7-4-3-5-8-19/h3-5,7-8,10-13,21H,6,9,14-16H2,1-2H3. The highest BCUT2D eigenvalue weighted by molar-refractivity contribution is 7.12. The maximum atomic E-state index is 13.2.